The molecule has 2 fully saturated rings. The summed E-state index contributed by atoms with van der Waals surface area (Å²) in [6.45, 7) is 7.22. The molecule has 1 saturated heterocycles. The van der Waals surface area contributed by atoms with E-state index in [9.17, 15) is 0 Å². The molecule has 0 radical (unpaired) electrons. The average Bonchev–Trinajstić information content (AvgIpc) is 3.12. The summed E-state index contributed by atoms with van der Waals surface area (Å²) in [6.07, 6.45) is 9.57. The Morgan fingerprint density at radius 1 is 1.18 bits per heavy atom. The zero-order chi connectivity index (χ0) is 12.3. The number of hydrogen-bond acceptors (Lipinski definition) is 3. The number of likely N-dealkylation sites (tertiary alicyclic amines) is 1. The van der Waals surface area contributed by atoms with E-state index < -0.39 is 0 Å². The maximum atomic E-state index is 5.80. The Morgan fingerprint density at radius 3 is 2.24 bits per heavy atom. The molecule has 1 saturated carbocycles. The first kappa shape index (κ1) is 13.3. The molecule has 17 heavy (non-hydrogen) atoms. The van der Waals surface area contributed by atoms with Crippen molar-refractivity contribution in [2.75, 3.05) is 13.1 Å². The van der Waals surface area contributed by atoms with Gasteiger partial charge in [0, 0.05) is 11.6 Å². The van der Waals surface area contributed by atoms with Crippen LogP contribution in [0.5, 0.6) is 0 Å². The normalized spacial score (nSPS) is 25.6. The fourth-order valence-corrected chi connectivity index (χ4v) is 3.11. The van der Waals surface area contributed by atoms with Gasteiger partial charge in [0.1, 0.15) is 0 Å². The molecule has 3 heteroatoms. The second kappa shape index (κ2) is 5.68. The summed E-state index contributed by atoms with van der Waals surface area (Å²) in [6, 6.07) is 0.438. The van der Waals surface area contributed by atoms with Crippen LogP contribution in [0.25, 0.3) is 0 Å². The highest BCUT2D eigenvalue weighted by atomic mass is 15.3. The minimum Gasteiger partial charge on any atom is -0.297 e. The van der Waals surface area contributed by atoms with Crippen molar-refractivity contribution < 1.29 is 0 Å². The van der Waals surface area contributed by atoms with E-state index in [0.29, 0.717) is 6.04 Å². The molecule has 0 spiro atoms. The van der Waals surface area contributed by atoms with Crippen molar-refractivity contribution in [1.29, 1.82) is 0 Å². The molecule has 1 atom stereocenters. The van der Waals surface area contributed by atoms with E-state index in [2.05, 4.69) is 24.2 Å². The lowest BCUT2D eigenvalue weighted by Gasteiger charge is -2.44. The standard InChI is InChI=1S/C14H29N3/c1-14(2,13(16-15)11-12-7-8-12)17-9-5-3-4-6-10-17/h12-13,16H,3-11,15H2,1-2H3. The minimum absolute atomic E-state index is 0.196. The van der Waals surface area contributed by atoms with Crippen LogP contribution in [-0.4, -0.2) is 29.6 Å². The third kappa shape index (κ3) is 3.43. The highest BCUT2D eigenvalue weighted by Gasteiger charge is 2.38. The topological polar surface area (TPSA) is 41.3 Å². The predicted octanol–water partition coefficient (Wildman–Crippen LogP) is 2.27. The van der Waals surface area contributed by atoms with Gasteiger partial charge in [-0.1, -0.05) is 25.7 Å². The Labute approximate surface area is 106 Å². The van der Waals surface area contributed by atoms with Gasteiger partial charge in [-0.2, -0.15) is 0 Å². The molecular formula is C14H29N3. The van der Waals surface area contributed by atoms with Crippen molar-refractivity contribution in [3.63, 3.8) is 0 Å². The first-order valence-electron chi connectivity index (χ1n) is 7.36. The van der Waals surface area contributed by atoms with Gasteiger partial charge in [0.05, 0.1) is 0 Å². The second-order valence-corrected chi connectivity index (χ2v) is 6.45. The summed E-state index contributed by atoms with van der Waals surface area (Å²) >= 11 is 0. The number of nitrogens with two attached hydrogens (primary N) is 1. The lowest BCUT2D eigenvalue weighted by Crippen LogP contribution is -2.59. The zero-order valence-corrected chi connectivity index (χ0v) is 11.5. The maximum absolute atomic E-state index is 5.80. The average molecular weight is 239 g/mol. The molecule has 1 aliphatic heterocycles. The Bertz CT molecular complexity index is 224. The van der Waals surface area contributed by atoms with Gasteiger partial charge in [-0.3, -0.25) is 16.2 Å². The van der Waals surface area contributed by atoms with E-state index in [1.54, 1.807) is 0 Å². The molecule has 0 bridgehead atoms. The fourth-order valence-electron chi connectivity index (χ4n) is 3.11. The second-order valence-electron chi connectivity index (χ2n) is 6.45. The summed E-state index contributed by atoms with van der Waals surface area (Å²) in [4.78, 5) is 2.66. The molecule has 2 aliphatic rings. The minimum atomic E-state index is 0.196. The third-order valence-corrected chi connectivity index (χ3v) is 4.74. The number of nitrogens with one attached hydrogen (secondary N) is 1. The van der Waals surface area contributed by atoms with E-state index in [1.165, 1.54) is 58.0 Å². The Kier molecular flexibility index (Phi) is 4.45. The zero-order valence-electron chi connectivity index (χ0n) is 11.5. The van der Waals surface area contributed by atoms with E-state index in [1.807, 2.05) is 0 Å². The quantitative estimate of drug-likeness (QED) is 0.571. The maximum Gasteiger partial charge on any atom is 0.0392 e. The van der Waals surface area contributed by atoms with Crippen molar-refractivity contribution in [2.45, 2.75) is 70.4 Å². The molecule has 1 aliphatic carbocycles. The monoisotopic (exact) mass is 239 g/mol. The molecule has 3 N–H and O–H groups in total. The van der Waals surface area contributed by atoms with Crippen LogP contribution in [0.3, 0.4) is 0 Å². The van der Waals surface area contributed by atoms with Crippen molar-refractivity contribution in [3.05, 3.63) is 0 Å². The van der Waals surface area contributed by atoms with Crippen molar-refractivity contribution in [3.8, 4) is 0 Å². The summed E-state index contributed by atoms with van der Waals surface area (Å²) in [7, 11) is 0. The van der Waals surface area contributed by atoms with E-state index >= 15 is 0 Å². The summed E-state index contributed by atoms with van der Waals surface area (Å²) in [5, 5.41) is 0. The first-order chi connectivity index (χ1) is 8.14. The van der Waals surface area contributed by atoms with Gasteiger partial charge in [0.15, 0.2) is 0 Å². The van der Waals surface area contributed by atoms with Gasteiger partial charge in [0.25, 0.3) is 0 Å². The van der Waals surface area contributed by atoms with Crippen LogP contribution < -0.4 is 11.3 Å². The molecule has 3 nitrogen and oxygen atoms in total. The van der Waals surface area contributed by atoms with Gasteiger partial charge in [-0.25, -0.2) is 0 Å². The van der Waals surface area contributed by atoms with E-state index in [0.717, 1.165) is 5.92 Å². The lowest BCUT2D eigenvalue weighted by molar-refractivity contribution is 0.0778. The predicted molar refractivity (Wildman–Crippen MR) is 72.6 cm³/mol. The first-order valence-corrected chi connectivity index (χ1v) is 7.36. The number of nitrogens with zero attached hydrogens (tertiary/aromatic N) is 1. The van der Waals surface area contributed by atoms with Crippen molar-refractivity contribution in [2.24, 2.45) is 11.8 Å². The fraction of sp³-hybridized carbons (Fsp3) is 1.00. The SMILES string of the molecule is CC(C)(C(CC1CC1)NN)N1CCCCCC1. The molecular weight excluding hydrogens is 210 g/mol. The Hall–Kier alpha value is -0.120. The van der Waals surface area contributed by atoms with Gasteiger partial charge in [-0.05, 0) is 52.1 Å². The molecule has 2 rings (SSSR count). The molecule has 0 aromatic rings. The molecule has 0 amide bonds. The van der Waals surface area contributed by atoms with Crippen LogP contribution in [-0.2, 0) is 0 Å². The van der Waals surface area contributed by atoms with Gasteiger partial charge < -0.3 is 0 Å². The van der Waals surface area contributed by atoms with Crippen molar-refractivity contribution in [1.82, 2.24) is 10.3 Å². The lowest BCUT2D eigenvalue weighted by atomic mass is 9.88. The summed E-state index contributed by atoms with van der Waals surface area (Å²) < 4.78 is 0. The molecule has 1 unspecified atom stereocenters. The van der Waals surface area contributed by atoms with Crippen LogP contribution in [0.4, 0.5) is 0 Å². The van der Waals surface area contributed by atoms with Crippen LogP contribution >= 0.6 is 0 Å². The highest BCUT2D eigenvalue weighted by molar-refractivity contribution is 4.96. The van der Waals surface area contributed by atoms with E-state index in [4.69, 9.17) is 5.84 Å². The third-order valence-electron chi connectivity index (χ3n) is 4.74. The van der Waals surface area contributed by atoms with Crippen LogP contribution in [0.15, 0.2) is 0 Å². The number of rotatable bonds is 5. The Balaban J connectivity index is 1.96. The van der Waals surface area contributed by atoms with Gasteiger partial charge in [-0.15, -0.1) is 0 Å². The largest absolute Gasteiger partial charge is 0.297 e. The number of hydrazine groups is 1. The van der Waals surface area contributed by atoms with Crippen LogP contribution in [0.2, 0.25) is 0 Å². The van der Waals surface area contributed by atoms with Gasteiger partial charge in [0.2, 0.25) is 0 Å². The van der Waals surface area contributed by atoms with Gasteiger partial charge >= 0.3 is 0 Å². The summed E-state index contributed by atoms with van der Waals surface area (Å²) in [5.41, 5.74) is 3.29. The molecule has 100 valence electrons. The molecule has 1 heterocycles. The molecule has 0 aromatic heterocycles. The van der Waals surface area contributed by atoms with Crippen molar-refractivity contribution >= 4 is 0 Å². The summed E-state index contributed by atoms with van der Waals surface area (Å²) in [5.74, 6) is 6.74. The van der Waals surface area contributed by atoms with E-state index in [-0.39, 0.29) is 5.54 Å². The highest BCUT2D eigenvalue weighted by Crippen LogP contribution is 2.37. The Morgan fingerprint density at radius 2 is 1.76 bits per heavy atom. The smallest absolute Gasteiger partial charge is 0.0392 e. The molecule has 0 aromatic carbocycles. The van der Waals surface area contributed by atoms with Crippen LogP contribution in [0, 0.1) is 5.92 Å². The van der Waals surface area contributed by atoms with Crippen LogP contribution in [0.1, 0.15) is 58.8 Å². The number of hydrogen-bond donors (Lipinski definition) is 2.